The third kappa shape index (κ3) is 4.56. The van der Waals surface area contributed by atoms with E-state index in [0.29, 0.717) is 19.6 Å². The fraction of sp³-hybridized carbons (Fsp3) is 0.846. The molecule has 110 valence electrons. The minimum absolute atomic E-state index is 0.00865. The van der Waals surface area contributed by atoms with Crippen LogP contribution in [0.2, 0.25) is 0 Å². The Morgan fingerprint density at radius 1 is 1.42 bits per heavy atom. The molecule has 1 rings (SSSR count). The van der Waals surface area contributed by atoms with Gasteiger partial charge in [-0.15, -0.1) is 11.6 Å². The van der Waals surface area contributed by atoms with Gasteiger partial charge in [0.25, 0.3) is 0 Å². The molecule has 1 aliphatic rings. The molecular formula is C13H23ClN2O3. The first-order chi connectivity index (χ1) is 8.78. The zero-order chi connectivity index (χ0) is 14.6. The Morgan fingerprint density at radius 2 is 2.05 bits per heavy atom. The van der Waals surface area contributed by atoms with Crippen LogP contribution in [-0.2, 0) is 9.53 Å². The second-order valence-corrected chi connectivity index (χ2v) is 5.95. The molecule has 0 saturated carbocycles. The van der Waals surface area contributed by atoms with Crippen LogP contribution in [0.3, 0.4) is 0 Å². The SMILES string of the molecule is CCN(C(=O)OC(C)(C)C)[C@@H]1CCN(C(=O)CCl)C1. The number of likely N-dealkylation sites (tertiary alicyclic amines) is 1. The number of alkyl halides is 1. The number of carbonyl (C=O) groups excluding carboxylic acids is 2. The Bertz CT molecular complexity index is 341. The molecule has 0 aliphatic carbocycles. The number of halogens is 1. The normalized spacial score (nSPS) is 19.4. The van der Waals surface area contributed by atoms with Gasteiger partial charge in [-0.2, -0.15) is 0 Å². The molecule has 0 radical (unpaired) electrons. The molecule has 0 spiro atoms. The van der Waals surface area contributed by atoms with E-state index in [9.17, 15) is 9.59 Å². The van der Waals surface area contributed by atoms with Crippen molar-refractivity contribution >= 4 is 23.6 Å². The van der Waals surface area contributed by atoms with Gasteiger partial charge >= 0.3 is 6.09 Å². The van der Waals surface area contributed by atoms with E-state index in [1.165, 1.54) is 0 Å². The van der Waals surface area contributed by atoms with Gasteiger partial charge in [-0.3, -0.25) is 4.79 Å². The molecule has 0 unspecified atom stereocenters. The minimum Gasteiger partial charge on any atom is -0.444 e. The minimum atomic E-state index is -0.505. The van der Waals surface area contributed by atoms with Gasteiger partial charge in [-0.25, -0.2) is 4.79 Å². The van der Waals surface area contributed by atoms with E-state index < -0.39 is 5.60 Å². The van der Waals surface area contributed by atoms with Crippen molar-refractivity contribution in [2.75, 3.05) is 25.5 Å². The molecule has 0 bridgehead atoms. The van der Waals surface area contributed by atoms with E-state index in [-0.39, 0.29) is 23.9 Å². The first kappa shape index (κ1) is 16.1. The van der Waals surface area contributed by atoms with Crippen LogP contribution < -0.4 is 0 Å². The Balaban J connectivity index is 2.62. The molecule has 1 aliphatic heterocycles. The first-order valence-corrected chi connectivity index (χ1v) is 7.15. The molecule has 0 N–H and O–H groups in total. The van der Waals surface area contributed by atoms with E-state index in [1.807, 2.05) is 27.7 Å². The Kier molecular flexibility index (Phi) is 5.47. The number of likely N-dealkylation sites (N-methyl/N-ethyl adjacent to an activating group) is 1. The summed E-state index contributed by atoms with van der Waals surface area (Å²) in [7, 11) is 0. The Morgan fingerprint density at radius 3 is 2.53 bits per heavy atom. The van der Waals surface area contributed by atoms with Gasteiger partial charge in [0.15, 0.2) is 0 Å². The van der Waals surface area contributed by atoms with Crippen LogP contribution >= 0.6 is 11.6 Å². The highest BCUT2D eigenvalue weighted by Crippen LogP contribution is 2.19. The van der Waals surface area contributed by atoms with Gasteiger partial charge < -0.3 is 14.5 Å². The van der Waals surface area contributed by atoms with E-state index in [2.05, 4.69) is 0 Å². The molecule has 1 heterocycles. The van der Waals surface area contributed by atoms with Crippen LogP contribution in [0, 0.1) is 0 Å². The smallest absolute Gasteiger partial charge is 0.410 e. The van der Waals surface area contributed by atoms with Crippen molar-refractivity contribution < 1.29 is 14.3 Å². The van der Waals surface area contributed by atoms with Crippen LogP contribution in [0.4, 0.5) is 4.79 Å². The standard InChI is InChI=1S/C13H23ClN2O3/c1-5-16(12(18)19-13(2,3)4)10-6-7-15(9-10)11(17)8-14/h10H,5-9H2,1-4H3/t10-/m1/s1. The molecule has 5 nitrogen and oxygen atoms in total. The third-order valence-electron chi connectivity index (χ3n) is 3.04. The lowest BCUT2D eigenvalue weighted by Crippen LogP contribution is -2.45. The zero-order valence-electron chi connectivity index (χ0n) is 12.1. The van der Waals surface area contributed by atoms with E-state index in [1.54, 1.807) is 9.80 Å². The largest absolute Gasteiger partial charge is 0.444 e. The lowest BCUT2D eigenvalue weighted by molar-refractivity contribution is -0.127. The zero-order valence-corrected chi connectivity index (χ0v) is 12.9. The summed E-state index contributed by atoms with van der Waals surface area (Å²) in [5.74, 6) is -0.0879. The summed E-state index contributed by atoms with van der Waals surface area (Å²) in [6, 6.07) is 0.0204. The molecule has 1 fully saturated rings. The van der Waals surface area contributed by atoms with Crippen LogP contribution in [-0.4, -0.2) is 59.0 Å². The number of hydrogen-bond acceptors (Lipinski definition) is 3. The number of ether oxygens (including phenoxy) is 1. The van der Waals surface area contributed by atoms with Gasteiger partial charge in [0.05, 0.1) is 6.04 Å². The highest BCUT2D eigenvalue weighted by molar-refractivity contribution is 6.27. The van der Waals surface area contributed by atoms with Crippen LogP contribution in [0.15, 0.2) is 0 Å². The van der Waals surface area contributed by atoms with E-state index in [4.69, 9.17) is 16.3 Å². The second kappa shape index (κ2) is 6.46. The predicted molar refractivity (Wildman–Crippen MR) is 74.3 cm³/mol. The third-order valence-corrected chi connectivity index (χ3v) is 3.27. The van der Waals surface area contributed by atoms with Crippen molar-refractivity contribution in [1.29, 1.82) is 0 Å². The van der Waals surface area contributed by atoms with Crippen molar-refractivity contribution in [3.05, 3.63) is 0 Å². The fourth-order valence-electron chi connectivity index (χ4n) is 2.16. The summed E-state index contributed by atoms with van der Waals surface area (Å²) in [4.78, 5) is 27.0. The molecule has 0 aromatic heterocycles. The summed E-state index contributed by atoms with van der Waals surface area (Å²) in [6.45, 7) is 9.21. The van der Waals surface area contributed by atoms with E-state index >= 15 is 0 Å². The Hall–Kier alpha value is -0.970. The van der Waals surface area contributed by atoms with E-state index in [0.717, 1.165) is 6.42 Å². The summed E-state index contributed by atoms with van der Waals surface area (Å²) in [5.41, 5.74) is -0.505. The fourth-order valence-corrected chi connectivity index (χ4v) is 2.33. The second-order valence-electron chi connectivity index (χ2n) is 5.68. The maximum absolute atomic E-state index is 12.1. The van der Waals surface area contributed by atoms with Gasteiger partial charge in [-0.05, 0) is 34.1 Å². The lowest BCUT2D eigenvalue weighted by Gasteiger charge is -2.30. The van der Waals surface area contributed by atoms with Crippen molar-refractivity contribution in [2.45, 2.75) is 45.8 Å². The van der Waals surface area contributed by atoms with Crippen molar-refractivity contribution in [3.63, 3.8) is 0 Å². The molecular weight excluding hydrogens is 268 g/mol. The Labute approximate surface area is 119 Å². The number of rotatable bonds is 3. The van der Waals surface area contributed by atoms with Crippen LogP contribution in [0.1, 0.15) is 34.1 Å². The summed E-state index contributed by atoms with van der Waals surface area (Å²) in [5, 5.41) is 0. The molecule has 0 aromatic carbocycles. The van der Waals surface area contributed by atoms with Crippen LogP contribution in [0.25, 0.3) is 0 Å². The monoisotopic (exact) mass is 290 g/mol. The van der Waals surface area contributed by atoms with Crippen LogP contribution in [0.5, 0.6) is 0 Å². The van der Waals surface area contributed by atoms with Gasteiger partial charge in [0, 0.05) is 19.6 Å². The van der Waals surface area contributed by atoms with Crippen molar-refractivity contribution in [3.8, 4) is 0 Å². The molecule has 1 atom stereocenters. The molecule has 2 amide bonds. The molecule has 1 saturated heterocycles. The topological polar surface area (TPSA) is 49.9 Å². The van der Waals surface area contributed by atoms with Gasteiger partial charge in [0.1, 0.15) is 11.5 Å². The lowest BCUT2D eigenvalue weighted by atomic mass is 10.2. The average molecular weight is 291 g/mol. The van der Waals surface area contributed by atoms with Gasteiger partial charge in [-0.1, -0.05) is 0 Å². The highest BCUT2D eigenvalue weighted by atomic mass is 35.5. The average Bonchev–Trinajstić information content (AvgIpc) is 2.76. The number of nitrogens with zero attached hydrogens (tertiary/aromatic N) is 2. The summed E-state index contributed by atoms with van der Waals surface area (Å²) in [6.07, 6.45) is 0.454. The molecule has 6 heteroatoms. The summed E-state index contributed by atoms with van der Waals surface area (Å²) < 4.78 is 5.38. The number of carbonyl (C=O) groups is 2. The maximum Gasteiger partial charge on any atom is 0.410 e. The molecule has 19 heavy (non-hydrogen) atoms. The number of hydrogen-bond donors (Lipinski definition) is 0. The van der Waals surface area contributed by atoms with Crippen molar-refractivity contribution in [2.24, 2.45) is 0 Å². The first-order valence-electron chi connectivity index (χ1n) is 6.62. The molecule has 0 aromatic rings. The highest BCUT2D eigenvalue weighted by Gasteiger charge is 2.33. The van der Waals surface area contributed by atoms with Gasteiger partial charge in [0.2, 0.25) is 5.91 Å². The maximum atomic E-state index is 12.1. The predicted octanol–water partition coefficient (Wildman–Crippen LogP) is 2.08. The number of amides is 2. The van der Waals surface area contributed by atoms with Crippen molar-refractivity contribution in [1.82, 2.24) is 9.80 Å². The summed E-state index contributed by atoms with van der Waals surface area (Å²) >= 11 is 5.55. The quantitative estimate of drug-likeness (QED) is 0.748.